The van der Waals surface area contributed by atoms with Gasteiger partial charge in [-0.1, -0.05) is 6.08 Å². The number of hydrogen-bond donors (Lipinski definition) is 5. The molecule has 0 aromatic heterocycles. The van der Waals surface area contributed by atoms with E-state index in [-0.39, 0.29) is 6.42 Å². The van der Waals surface area contributed by atoms with Crippen molar-refractivity contribution < 1.29 is 43.7 Å². The van der Waals surface area contributed by atoms with Crippen LogP contribution in [-0.4, -0.2) is 69.0 Å². The number of aliphatic hydroxyl groups excluding tert-OH is 3. The molecule has 1 heterocycles. The Bertz CT molecular complexity index is 383. The molecule has 0 saturated carbocycles. The van der Waals surface area contributed by atoms with Crippen LogP contribution in [0, 0.1) is 0 Å². The predicted octanol–water partition coefficient (Wildman–Crippen LogP) is -1.50. The molecule has 1 saturated heterocycles. The van der Waals surface area contributed by atoms with Crippen molar-refractivity contribution >= 4 is 7.82 Å². The monoisotopic (exact) mass is 314 g/mol. The SMILES string of the molecule is C=CCC1(OC)O[C@H](CO)[C@@H](O)[C@H](O)[C@H]1OP(=O)(O)O. The van der Waals surface area contributed by atoms with Gasteiger partial charge in [-0.05, 0) is 0 Å². The van der Waals surface area contributed by atoms with E-state index in [1.165, 1.54) is 13.2 Å². The van der Waals surface area contributed by atoms with Crippen molar-refractivity contribution in [3.63, 3.8) is 0 Å². The molecule has 5 atom stereocenters. The first kappa shape index (κ1) is 17.7. The number of ether oxygens (including phenoxy) is 2. The number of hydrogen-bond acceptors (Lipinski definition) is 7. The first-order chi connectivity index (χ1) is 9.20. The summed E-state index contributed by atoms with van der Waals surface area (Å²) in [4.78, 5) is 17.8. The smallest absolute Gasteiger partial charge is 0.394 e. The summed E-state index contributed by atoms with van der Waals surface area (Å²) >= 11 is 0. The Balaban J connectivity index is 3.17. The Labute approximate surface area is 115 Å². The van der Waals surface area contributed by atoms with Crippen LogP contribution in [0.5, 0.6) is 0 Å². The van der Waals surface area contributed by atoms with E-state index >= 15 is 0 Å². The van der Waals surface area contributed by atoms with Crippen molar-refractivity contribution in [3.8, 4) is 0 Å². The van der Waals surface area contributed by atoms with Crippen LogP contribution >= 0.6 is 7.82 Å². The normalized spacial score (nSPS) is 38.7. The van der Waals surface area contributed by atoms with Gasteiger partial charge >= 0.3 is 7.82 Å². The molecule has 1 aliphatic rings. The lowest BCUT2D eigenvalue weighted by molar-refractivity contribution is -0.352. The summed E-state index contributed by atoms with van der Waals surface area (Å²) in [6, 6.07) is 0. The van der Waals surface area contributed by atoms with Crippen LogP contribution in [0.2, 0.25) is 0 Å². The van der Waals surface area contributed by atoms with Gasteiger partial charge in [0.05, 0.1) is 6.61 Å². The molecule has 0 aromatic rings. The minimum atomic E-state index is -4.97. The maximum Gasteiger partial charge on any atom is 0.470 e. The molecule has 0 aromatic carbocycles. The molecule has 0 spiro atoms. The van der Waals surface area contributed by atoms with E-state index < -0.39 is 44.6 Å². The van der Waals surface area contributed by atoms with Crippen molar-refractivity contribution in [2.45, 2.75) is 36.6 Å². The minimum absolute atomic E-state index is 0.0888. The van der Waals surface area contributed by atoms with Gasteiger partial charge in [-0.3, -0.25) is 4.52 Å². The van der Waals surface area contributed by atoms with Crippen molar-refractivity contribution in [2.24, 2.45) is 0 Å². The third kappa shape index (κ3) is 3.64. The second kappa shape index (κ2) is 6.61. The van der Waals surface area contributed by atoms with Gasteiger partial charge in [-0.2, -0.15) is 0 Å². The van der Waals surface area contributed by atoms with Gasteiger partial charge in [-0.15, -0.1) is 6.58 Å². The van der Waals surface area contributed by atoms with Crippen LogP contribution in [0.1, 0.15) is 6.42 Å². The average molecular weight is 314 g/mol. The summed E-state index contributed by atoms with van der Waals surface area (Å²) in [5, 5.41) is 28.8. The van der Waals surface area contributed by atoms with Crippen LogP contribution in [0.15, 0.2) is 12.7 Å². The highest BCUT2D eigenvalue weighted by Gasteiger charge is 2.56. The fraction of sp³-hybridized carbons (Fsp3) is 0.800. The highest BCUT2D eigenvalue weighted by molar-refractivity contribution is 7.46. The molecular formula is C10H19O9P. The van der Waals surface area contributed by atoms with Crippen molar-refractivity contribution in [1.29, 1.82) is 0 Å². The van der Waals surface area contributed by atoms with Crippen LogP contribution in [0.3, 0.4) is 0 Å². The largest absolute Gasteiger partial charge is 0.470 e. The number of phosphoric ester groups is 1. The molecule has 1 rings (SSSR count). The van der Waals surface area contributed by atoms with Gasteiger partial charge in [0.25, 0.3) is 0 Å². The van der Waals surface area contributed by atoms with Gasteiger partial charge in [0, 0.05) is 13.5 Å². The molecule has 1 aliphatic heterocycles. The van der Waals surface area contributed by atoms with Crippen LogP contribution in [-0.2, 0) is 18.6 Å². The predicted molar refractivity (Wildman–Crippen MR) is 65.4 cm³/mol. The molecule has 1 unspecified atom stereocenters. The second-order valence-corrected chi connectivity index (χ2v) is 5.54. The molecule has 0 aliphatic carbocycles. The standard InChI is InChI=1S/C10H19O9P/c1-3-4-10(17-2)9(19-20(14,15)16)8(13)7(12)6(5-11)18-10/h3,6-9,11-13H,1,4-5H2,2H3,(H2,14,15,16)/t6-,7-,8+,9-,10?/m1/s1. The molecule has 118 valence electrons. The molecular weight excluding hydrogens is 295 g/mol. The Kier molecular flexibility index (Phi) is 5.85. The third-order valence-electron chi connectivity index (χ3n) is 3.03. The molecule has 9 nitrogen and oxygen atoms in total. The fourth-order valence-corrected chi connectivity index (χ4v) is 2.68. The first-order valence-corrected chi connectivity index (χ1v) is 7.28. The fourth-order valence-electron chi connectivity index (χ4n) is 2.10. The number of phosphoric acid groups is 1. The molecule has 20 heavy (non-hydrogen) atoms. The summed E-state index contributed by atoms with van der Waals surface area (Å²) in [7, 11) is -3.79. The Morgan fingerprint density at radius 1 is 1.40 bits per heavy atom. The minimum Gasteiger partial charge on any atom is -0.394 e. The van der Waals surface area contributed by atoms with Gasteiger partial charge in [0.2, 0.25) is 5.79 Å². The molecule has 1 fully saturated rings. The van der Waals surface area contributed by atoms with Crippen molar-refractivity contribution in [1.82, 2.24) is 0 Å². The van der Waals surface area contributed by atoms with Crippen LogP contribution in [0.25, 0.3) is 0 Å². The molecule has 5 N–H and O–H groups in total. The van der Waals surface area contributed by atoms with E-state index in [1.807, 2.05) is 0 Å². The lowest BCUT2D eigenvalue weighted by atomic mass is 9.90. The first-order valence-electron chi connectivity index (χ1n) is 5.75. The van der Waals surface area contributed by atoms with E-state index in [0.29, 0.717) is 0 Å². The summed E-state index contributed by atoms with van der Waals surface area (Å²) in [5.41, 5.74) is 0. The van der Waals surface area contributed by atoms with Gasteiger partial charge in [-0.25, -0.2) is 4.57 Å². The Hall–Kier alpha value is -0.350. The zero-order chi connectivity index (χ0) is 15.6. The highest BCUT2D eigenvalue weighted by Crippen LogP contribution is 2.45. The van der Waals surface area contributed by atoms with Crippen molar-refractivity contribution in [3.05, 3.63) is 12.7 Å². The van der Waals surface area contributed by atoms with E-state index in [4.69, 9.17) is 24.4 Å². The lowest BCUT2D eigenvalue weighted by Crippen LogP contribution is -2.66. The Morgan fingerprint density at radius 2 is 2.00 bits per heavy atom. The van der Waals surface area contributed by atoms with E-state index in [1.54, 1.807) is 0 Å². The molecule has 0 bridgehead atoms. The van der Waals surface area contributed by atoms with Gasteiger partial charge in [0.15, 0.2) is 6.10 Å². The number of methoxy groups -OCH3 is 1. The summed E-state index contributed by atoms with van der Waals surface area (Å²) in [5.74, 6) is -1.78. The highest BCUT2D eigenvalue weighted by atomic mass is 31.2. The summed E-state index contributed by atoms with van der Waals surface area (Å²) < 4.78 is 25.9. The second-order valence-electron chi connectivity index (χ2n) is 4.35. The maximum atomic E-state index is 11.0. The topological polar surface area (TPSA) is 146 Å². The lowest BCUT2D eigenvalue weighted by Gasteiger charge is -2.48. The average Bonchev–Trinajstić information content (AvgIpc) is 2.37. The van der Waals surface area contributed by atoms with Crippen molar-refractivity contribution in [2.75, 3.05) is 13.7 Å². The quantitative estimate of drug-likeness (QED) is 0.292. The number of rotatable bonds is 6. The zero-order valence-corrected chi connectivity index (χ0v) is 11.7. The van der Waals surface area contributed by atoms with Crippen LogP contribution < -0.4 is 0 Å². The third-order valence-corrected chi connectivity index (χ3v) is 3.53. The van der Waals surface area contributed by atoms with E-state index in [0.717, 1.165) is 0 Å². The number of aliphatic hydroxyl groups is 3. The Morgan fingerprint density at radius 3 is 2.40 bits per heavy atom. The maximum absolute atomic E-state index is 11.0. The van der Waals surface area contributed by atoms with Crippen LogP contribution in [0.4, 0.5) is 0 Å². The van der Waals surface area contributed by atoms with Gasteiger partial charge in [0.1, 0.15) is 18.3 Å². The molecule has 10 heteroatoms. The zero-order valence-electron chi connectivity index (χ0n) is 10.8. The van der Waals surface area contributed by atoms with E-state index in [9.17, 15) is 14.8 Å². The summed E-state index contributed by atoms with van der Waals surface area (Å²) in [6.45, 7) is 2.84. The van der Waals surface area contributed by atoms with Gasteiger partial charge < -0.3 is 34.6 Å². The van der Waals surface area contributed by atoms with E-state index in [2.05, 4.69) is 11.1 Å². The molecule has 0 amide bonds. The summed E-state index contributed by atoms with van der Waals surface area (Å²) in [6.07, 6.45) is -4.93. The molecule has 0 radical (unpaired) electrons.